The van der Waals surface area contributed by atoms with Crippen molar-refractivity contribution in [2.24, 2.45) is 0 Å². The van der Waals surface area contributed by atoms with Crippen LogP contribution in [0.5, 0.6) is 0 Å². The first kappa shape index (κ1) is 12.3. The van der Waals surface area contributed by atoms with Crippen LogP contribution in [0.15, 0.2) is 0 Å². The standard InChI is InChI=1S/C13H22N2S/c1-2-10-16-11-7-14-12-6-9-15-8-4-3-5-13(12)15/h1,12-14H,3-11H2. The van der Waals surface area contributed by atoms with Gasteiger partial charge in [0.05, 0.1) is 5.75 Å². The van der Waals surface area contributed by atoms with Crippen LogP contribution in [0.25, 0.3) is 0 Å². The highest BCUT2D eigenvalue weighted by Gasteiger charge is 2.34. The van der Waals surface area contributed by atoms with E-state index in [1.165, 1.54) is 38.8 Å². The quantitative estimate of drug-likeness (QED) is 0.578. The number of terminal acetylenes is 1. The second-order valence-corrected chi connectivity index (χ2v) is 5.81. The van der Waals surface area contributed by atoms with Gasteiger partial charge in [-0.15, -0.1) is 18.2 Å². The molecule has 2 saturated heterocycles. The first-order chi connectivity index (χ1) is 7.92. The molecule has 0 amide bonds. The molecule has 0 aromatic rings. The Balaban J connectivity index is 1.64. The second kappa shape index (κ2) is 6.54. The number of hydrogen-bond donors (Lipinski definition) is 1. The summed E-state index contributed by atoms with van der Waals surface area (Å²) >= 11 is 1.85. The summed E-state index contributed by atoms with van der Waals surface area (Å²) in [6.45, 7) is 3.75. The van der Waals surface area contributed by atoms with Gasteiger partial charge >= 0.3 is 0 Å². The van der Waals surface area contributed by atoms with Crippen LogP contribution in [0.4, 0.5) is 0 Å². The van der Waals surface area contributed by atoms with E-state index in [9.17, 15) is 0 Å². The summed E-state index contributed by atoms with van der Waals surface area (Å²) < 4.78 is 0. The Morgan fingerprint density at radius 2 is 2.25 bits per heavy atom. The lowest BCUT2D eigenvalue weighted by molar-refractivity contribution is 0.181. The van der Waals surface area contributed by atoms with Crippen LogP contribution in [-0.2, 0) is 0 Å². The average Bonchev–Trinajstić information content (AvgIpc) is 2.73. The summed E-state index contributed by atoms with van der Waals surface area (Å²) in [6, 6.07) is 1.57. The Morgan fingerprint density at radius 3 is 3.12 bits per heavy atom. The van der Waals surface area contributed by atoms with E-state index in [1.807, 2.05) is 11.8 Å². The van der Waals surface area contributed by atoms with Gasteiger partial charge < -0.3 is 5.32 Å². The number of thioether (sulfide) groups is 1. The van der Waals surface area contributed by atoms with Gasteiger partial charge in [0, 0.05) is 30.9 Å². The van der Waals surface area contributed by atoms with E-state index in [1.54, 1.807) is 0 Å². The Labute approximate surface area is 104 Å². The van der Waals surface area contributed by atoms with Crippen LogP contribution in [-0.4, -0.2) is 48.1 Å². The van der Waals surface area contributed by atoms with Crippen molar-refractivity contribution in [2.45, 2.75) is 37.8 Å². The maximum absolute atomic E-state index is 5.22. The molecule has 0 saturated carbocycles. The van der Waals surface area contributed by atoms with E-state index in [4.69, 9.17) is 6.42 Å². The minimum atomic E-state index is 0.742. The van der Waals surface area contributed by atoms with Gasteiger partial charge in [0.1, 0.15) is 0 Å². The highest BCUT2D eigenvalue weighted by atomic mass is 32.2. The zero-order valence-corrected chi connectivity index (χ0v) is 10.8. The van der Waals surface area contributed by atoms with Gasteiger partial charge in [-0.2, -0.15) is 0 Å². The SMILES string of the molecule is C#CCSCCNC1CCN2CCCCC12. The number of hydrogen-bond acceptors (Lipinski definition) is 3. The molecule has 2 aliphatic heterocycles. The third-order valence-electron chi connectivity index (χ3n) is 3.69. The van der Waals surface area contributed by atoms with E-state index >= 15 is 0 Å². The molecule has 2 heterocycles. The molecule has 2 nitrogen and oxygen atoms in total. The van der Waals surface area contributed by atoms with Crippen LogP contribution in [0.1, 0.15) is 25.7 Å². The molecular weight excluding hydrogens is 216 g/mol. The van der Waals surface area contributed by atoms with Crippen molar-refractivity contribution >= 4 is 11.8 Å². The summed E-state index contributed by atoms with van der Waals surface area (Å²) in [4.78, 5) is 2.68. The molecule has 2 rings (SSSR count). The van der Waals surface area contributed by atoms with Gasteiger partial charge in [0.25, 0.3) is 0 Å². The number of nitrogens with zero attached hydrogens (tertiary/aromatic N) is 1. The van der Waals surface area contributed by atoms with Crippen LogP contribution >= 0.6 is 11.8 Å². The largest absolute Gasteiger partial charge is 0.312 e. The minimum Gasteiger partial charge on any atom is -0.312 e. The third kappa shape index (κ3) is 3.16. The second-order valence-electron chi connectivity index (χ2n) is 4.71. The van der Waals surface area contributed by atoms with Crippen LogP contribution in [0.2, 0.25) is 0 Å². The van der Waals surface area contributed by atoms with Crippen LogP contribution < -0.4 is 5.32 Å². The van der Waals surface area contributed by atoms with Gasteiger partial charge in [0.15, 0.2) is 0 Å². The number of nitrogens with one attached hydrogen (secondary N) is 1. The van der Waals surface area contributed by atoms with Crippen molar-refractivity contribution in [3.63, 3.8) is 0 Å². The van der Waals surface area contributed by atoms with Crippen molar-refractivity contribution in [3.8, 4) is 12.3 Å². The Bertz CT molecular complexity index is 249. The van der Waals surface area contributed by atoms with Crippen molar-refractivity contribution in [1.82, 2.24) is 10.2 Å². The van der Waals surface area contributed by atoms with E-state index in [0.717, 1.165) is 30.1 Å². The van der Waals surface area contributed by atoms with Gasteiger partial charge in [-0.3, -0.25) is 4.90 Å². The van der Waals surface area contributed by atoms with Crippen molar-refractivity contribution in [2.75, 3.05) is 31.1 Å². The van der Waals surface area contributed by atoms with Crippen LogP contribution in [0, 0.1) is 12.3 Å². The number of piperidine rings is 1. The predicted molar refractivity (Wildman–Crippen MR) is 71.8 cm³/mol. The molecule has 2 aliphatic rings. The van der Waals surface area contributed by atoms with Gasteiger partial charge in [-0.05, 0) is 25.8 Å². The van der Waals surface area contributed by atoms with E-state index in [2.05, 4.69) is 16.1 Å². The molecule has 90 valence electrons. The Kier molecular flexibility index (Phi) is 5.02. The normalized spacial score (nSPS) is 29.9. The molecule has 0 spiro atoms. The van der Waals surface area contributed by atoms with Gasteiger partial charge in [-0.1, -0.05) is 12.3 Å². The molecule has 16 heavy (non-hydrogen) atoms. The van der Waals surface area contributed by atoms with E-state index in [0.29, 0.717) is 0 Å². The molecule has 0 aliphatic carbocycles. The third-order valence-corrected chi connectivity index (χ3v) is 4.56. The molecule has 2 fully saturated rings. The lowest BCUT2D eigenvalue weighted by atomic mass is 9.99. The highest BCUT2D eigenvalue weighted by molar-refractivity contribution is 7.99. The van der Waals surface area contributed by atoms with Crippen molar-refractivity contribution < 1.29 is 0 Å². The Morgan fingerprint density at radius 1 is 1.31 bits per heavy atom. The van der Waals surface area contributed by atoms with Crippen molar-refractivity contribution in [3.05, 3.63) is 0 Å². The van der Waals surface area contributed by atoms with E-state index in [-0.39, 0.29) is 0 Å². The smallest absolute Gasteiger partial charge is 0.0545 e. The maximum Gasteiger partial charge on any atom is 0.0545 e. The molecule has 1 N–H and O–H groups in total. The van der Waals surface area contributed by atoms with E-state index < -0.39 is 0 Å². The molecule has 0 radical (unpaired) electrons. The topological polar surface area (TPSA) is 15.3 Å². The lowest BCUT2D eigenvalue weighted by Crippen LogP contribution is -2.45. The first-order valence-corrected chi connectivity index (χ1v) is 7.56. The van der Waals surface area contributed by atoms with Gasteiger partial charge in [0.2, 0.25) is 0 Å². The number of rotatable bonds is 5. The molecule has 3 heteroatoms. The zero-order valence-electron chi connectivity index (χ0n) is 9.95. The molecule has 2 atom stereocenters. The summed E-state index contributed by atoms with van der Waals surface area (Å²) in [5.41, 5.74) is 0. The van der Waals surface area contributed by atoms with Crippen LogP contribution in [0.3, 0.4) is 0 Å². The summed E-state index contributed by atoms with van der Waals surface area (Å²) in [6.07, 6.45) is 10.8. The number of fused-ring (bicyclic) bond motifs is 1. The maximum atomic E-state index is 5.22. The summed E-state index contributed by atoms with van der Waals surface area (Å²) in [5.74, 6) is 4.66. The minimum absolute atomic E-state index is 0.742. The summed E-state index contributed by atoms with van der Waals surface area (Å²) in [5, 5.41) is 3.71. The first-order valence-electron chi connectivity index (χ1n) is 6.40. The van der Waals surface area contributed by atoms with Crippen molar-refractivity contribution in [1.29, 1.82) is 0 Å². The molecule has 2 unspecified atom stereocenters. The fraction of sp³-hybridized carbons (Fsp3) is 0.846. The fourth-order valence-corrected chi connectivity index (χ4v) is 3.46. The Hall–Kier alpha value is -0.170. The molecule has 0 aromatic heterocycles. The highest BCUT2D eigenvalue weighted by Crippen LogP contribution is 2.26. The zero-order chi connectivity index (χ0) is 11.2. The lowest BCUT2D eigenvalue weighted by Gasteiger charge is -2.32. The molecular formula is C13H22N2S. The fourth-order valence-electron chi connectivity index (χ4n) is 2.93. The average molecular weight is 238 g/mol. The summed E-state index contributed by atoms with van der Waals surface area (Å²) in [7, 11) is 0. The van der Waals surface area contributed by atoms with Gasteiger partial charge in [-0.25, -0.2) is 0 Å². The predicted octanol–water partition coefficient (Wildman–Crippen LogP) is 1.57. The molecule has 0 aromatic carbocycles. The molecule has 0 bridgehead atoms. The monoisotopic (exact) mass is 238 g/mol.